The van der Waals surface area contributed by atoms with Crippen LogP contribution in [0.3, 0.4) is 0 Å². The van der Waals surface area contributed by atoms with Crippen molar-refractivity contribution in [2.75, 3.05) is 13.2 Å². The first-order chi connectivity index (χ1) is 13.3. The van der Waals surface area contributed by atoms with Crippen LogP contribution >= 0.6 is 0 Å². The van der Waals surface area contributed by atoms with Gasteiger partial charge in [-0.2, -0.15) is 0 Å². The van der Waals surface area contributed by atoms with Gasteiger partial charge < -0.3 is 19.2 Å². The third-order valence-electron chi connectivity index (χ3n) is 3.89. The standard InChI is InChI=1S/C19H22N2O7/c1-4-12(3)20-19(25)21-16(22)9-27-18(24)10-26-13-5-6-14-11(2)7-17(23)28-15(14)8-13/h5-8,12H,4,9-10H2,1-3H3,(H2,20,21,22,25)/t12-/m1/s1. The monoisotopic (exact) mass is 390 g/mol. The number of rotatable bonds is 7. The fourth-order valence-corrected chi connectivity index (χ4v) is 2.25. The fourth-order valence-electron chi connectivity index (χ4n) is 2.25. The van der Waals surface area contributed by atoms with E-state index >= 15 is 0 Å². The zero-order valence-electron chi connectivity index (χ0n) is 15.9. The Morgan fingerprint density at radius 1 is 1.18 bits per heavy atom. The molecule has 1 atom stereocenters. The maximum atomic E-state index is 11.7. The number of aryl methyl sites for hydroxylation is 1. The van der Waals surface area contributed by atoms with Crippen LogP contribution in [0, 0.1) is 6.92 Å². The normalized spacial score (nSPS) is 11.5. The van der Waals surface area contributed by atoms with Crippen molar-refractivity contribution in [3.63, 3.8) is 0 Å². The maximum absolute atomic E-state index is 11.7. The average molecular weight is 390 g/mol. The number of imide groups is 1. The smallest absolute Gasteiger partial charge is 0.344 e. The second-order valence-electron chi connectivity index (χ2n) is 6.19. The molecule has 0 unspecified atom stereocenters. The van der Waals surface area contributed by atoms with Gasteiger partial charge in [0.15, 0.2) is 13.2 Å². The Morgan fingerprint density at radius 2 is 1.93 bits per heavy atom. The van der Waals surface area contributed by atoms with Crippen LogP contribution in [-0.2, 0) is 14.3 Å². The Morgan fingerprint density at radius 3 is 2.64 bits per heavy atom. The minimum absolute atomic E-state index is 0.0843. The zero-order chi connectivity index (χ0) is 20.7. The molecule has 3 amide bonds. The van der Waals surface area contributed by atoms with Gasteiger partial charge in [0.25, 0.3) is 5.91 Å². The number of hydrogen-bond acceptors (Lipinski definition) is 7. The summed E-state index contributed by atoms with van der Waals surface area (Å²) in [6.07, 6.45) is 0.714. The van der Waals surface area contributed by atoms with E-state index in [2.05, 4.69) is 10.6 Å². The third-order valence-corrected chi connectivity index (χ3v) is 3.89. The van der Waals surface area contributed by atoms with E-state index in [9.17, 15) is 19.2 Å². The number of ether oxygens (including phenoxy) is 2. The van der Waals surface area contributed by atoms with Gasteiger partial charge in [-0.3, -0.25) is 10.1 Å². The third kappa shape index (κ3) is 6.11. The van der Waals surface area contributed by atoms with Crippen LogP contribution in [0.1, 0.15) is 25.8 Å². The van der Waals surface area contributed by atoms with Gasteiger partial charge in [0.05, 0.1) is 0 Å². The van der Waals surface area contributed by atoms with E-state index in [1.54, 1.807) is 26.0 Å². The van der Waals surface area contributed by atoms with E-state index in [1.165, 1.54) is 12.1 Å². The van der Waals surface area contributed by atoms with Crippen LogP contribution in [-0.4, -0.2) is 37.2 Å². The predicted molar refractivity (Wildman–Crippen MR) is 100 cm³/mol. The molecule has 0 fully saturated rings. The summed E-state index contributed by atoms with van der Waals surface area (Å²) in [4.78, 5) is 46.2. The molecule has 0 radical (unpaired) electrons. The van der Waals surface area contributed by atoms with Crippen LogP contribution in [0.25, 0.3) is 11.0 Å². The fraction of sp³-hybridized carbons (Fsp3) is 0.368. The summed E-state index contributed by atoms with van der Waals surface area (Å²) in [5.41, 5.74) is 0.619. The van der Waals surface area contributed by atoms with E-state index in [1.807, 2.05) is 6.92 Å². The molecule has 0 aliphatic carbocycles. The molecule has 0 saturated carbocycles. The molecule has 1 aromatic carbocycles. The van der Waals surface area contributed by atoms with Gasteiger partial charge in [0.1, 0.15) is 11.3 Å². The molecule has 1 heterocycles. The molecule has 1 aromatic heterocycles. The number of carbonyl (C=O) groups is 3. The largest absolute Gasteiger partial charge is 0.482 e. The summed E-state index contributed by atoms with van der Waals surface area (Å²) < 4.78 is 15.1. The second kappa shape index (κ2) is 9.54. The quantitative estimate of drug-likeness (QED) is 0.544. The first-order valence-corrected chi connectivity index (χ1v) is 8.71. The molecule has 150 valence electrons. The summed E-state index contributed by atoms with van der Waals surface area (Å²) in [5.74, 6) is -1.24. The van der Waals surface area contributed by atoms with Gasteiger partial charge in [-0.05, 0) is 38.0 Å². The van der Waals surface area contributed by atoms with Crippen LogP contribution in [0.15, 0.2) is 33.5 Å². The van der Waals surface area contributed by atoms with E-state index in [0.717, 1.165) is 10.9 Å². The molecule has 2 aromatic rings. The number of hydrogen-bond donors (Lipinski definition) is 2. The minimum Gasteiger partial charge on any atom is -0.482 e. The Kier molecular flexibility index (Phi) is 7.14. The van der Waals surface area contributed by atoms with Gasteiger partial charge in [-0.25, -0.2) is 14.4 Å². The van der Waals surface area contributed by atoms with E-state index < -0.39 is 36.7 Å². The highest BCUT2D eigenvalue weighted by Gasteiger charge is 2.13. The van der Waals surface area contributed by atoms with Gasteiger partial charge in [0, 0.05) is 23.6 Å². The van der Waals surface area contributed by atoms with Crippen molar-refractivity contribution in [1.29, 1.82) is 0 Å². The Labute approximate surface area is 161 Å². The molecular formula is C19H22N2O7. The van der Waals surface area contributed by atoms with E-state index in [0.29, 0.717) is 17.8 Å². The molecule has 9 heteroatoms. The lowest BCUT2D eigenvalue weighted by Gasteiger charge is -2.12. The number of amides is 3. The first-order valence-electron chi connectivity index (χ1n) is 8.71. The summed E-state index contributed by atoms with van der Waals surface area (Å²) in [5, 5.41) is 5.36. The van der Waals surface area contributed by atoms with Crippen molar-refractivity contribution in [3.8, 4) is 5.75 Å². The highest BCUT2D eigenvalue weighted by atomic mass is 16.6. The van der Waals surface area contributed by atoms with Crippen LogP contribution in [0.4, 0.5) is 4.79 Å². The number of benzene rings is 1. The highest BCUT2D eigenvalue weighted by molar-refractivity contribution is 5.95. The van der Waals surface area contributed by atoms with Crippen molar-refractivity contribution >= 4 is 28.9 Å². The molecule has 0 saturated heterocycles. The van der Waals surface area contributed by atoms with Gasteiger partial charge in [-0.1, -0.05) is 6.92 Å². The minimum atomic E-state index is -0.789. The zero-order valence-corrected chi connectivity index (χ0v) is 15.9. The summed E-state index contributed by atoms with van der Waals surface area (Å²) in [7, 11) is 0. The summed E-state index contributed by atoms with van der Waals surface area (Å²) in [6.45, 7) is 4.40. The lowest BCUT2D eigenvalue weighted by atomic mass is 10.1. The van der Waals surface area contributed by atoms with Gasteiger partial charge in [0.2, 0.25) is 0 Å². The van der Waals surface area contributed by atoms with Crippen molar-refractivity contribution < 1.29 is 28.3 Å². The number of fused-ring (bicyclic) bond motifs is 1. The van der Waals surface area contributed by atoms with E-state index in [-0.39, 0.29) is 6.04 Å². The molecule has 2 rings (SSSR count). The molecule has 0 aliphatic rings. The lowest BCUT2D eigenvalue weighted by molar-refractivity contribution is -0.150. The Bertz CT molecular complexity index is 936. The van der Waals surface area contributed by atoms with Crippen molar-refractivity contribution in [1.82, 2.24) is 10.6 Å². The molecule has 2 N–H and O–H groups in total. The first kappa shape index (κ1) is 20.9. The molecule has 28 heavy (non-hydrogen) atoms. The molecular weight excluding hydrogens is 368 g/mol. The highest BCUT2D eigenvalue weighted by Crippen LogP contribution is 2.22. The summed E-state index contributed by atoms with van der Waals surface area (Å²) in [6, 6.07) is 5.46. The van der Waals surface area contributed by atoms with Gasteiger partial charge in [-0.15, -0.1) is 0 Å². The lowest BCUT2D eigenvalue weighted by Crippen LogP contribution is -2.44. The molecule has 9 nitrogen and oxygen atoms in total. The number of carbonyl (C=O) groups excluding carboxylic acids is 3. The van der Waals surface area contributed by atoms with Crippen LogP contribution in [0.5, 0.6) is 5.75 Å². The average Bonchev–Trinajstić information content (AvgIpc) is 2.63. The van der Waals surface area contributed by atoms with Crippen molar-refractivity contribution in [3.05, 3.63) is 40.2 Å². The topological polar surface area (TPSA) is 124 Å². The number of urea groups is 1. The second-order valence-corrected chi connectivity index (χ2v) is 6.19. The van der Waals surface area contributed by atoms with Crippen LogP contribution in [0.2, 0.25) is 0 Å². The Balaban J connectivity index is 1.81. The SMILES string of the molecule is CC[C@@H](C)NC(=O)NC(=O)COC(=O)COc1ccc2c(C)cc(=O)oc2c1. The predicted octanol–water partition coefficient (Wildman–Crippen LogP) is 1.65. The molecule has 0 bridgehead atoms. The maximum Gasteiger partial charge on any atom is 0.344 e. The van der Waals surface area contributed by atoms with Crippen LogP contribution < -0.4 is 21.0 Å². The van der Waals surface area contributed by atoms with Crippen molar-refractivity contribution in [2.45, 2.75) is 33.2 Å². The van der Waals surface area contributed by atoms with E-state index in [4.69, 9.17) is 13.9 Å². The van der Waals surface area contributed by atoms with Gasteiger partial charge >= 0.3 is 17.6 Å². The number of esters is 1. The molecule has 0 aliphatic heterocycles. The Hall–Kier alpha value is -3.36. The van der Waals surface area contributed by atoms with Crippen molar-refractivity contribution in [2.24, 2.45) is 0 Å². The molecule has 0 spiro atoms. The summed E-state index contributed by atoms with van der Waals surface area (Å²) >= 11 is 0. The number of nitrogens with one attached hydrogen (secondary N) is 2.